The van der Waals surface area contributed by atoms with Crippen molar-refractivity contribution in [2.75, 3.05) is 19.1 Å². The Balaban J connectivity index is 1.98. The van der Waals surface area contributed by atoms with Crippen molar-refractivity contribution in [1.82, 2.24) is 0 Å². The molecule has 1 heterocycles. The molecule has 1 fully saturated rings. The van der Waals surface area contributed by atoms with Crippen molar-refractivity contribution in [2.45, 2.75) is 6.04 Å². The van der Waals surface area contributed by atoms with Crippen LogP contribution in [0.25, 0.3) is 5.76 Å². The highest BCUT2D eigenvalue weighted by molar-refractivity contribution is 9.10. The first-order valence-electron chi connectivity index (χ1n) is 10.4. The van der Waals surface area contributed by atoms with Crippen LogP contribution in [0.4, 0.5) is 5.69 Å². The zero-order chi connectivity index (χ0) is 25.3. The van der Waals surface area contributed by atoms with Crippen LogP contribution in [-0.4, -0.2) is 42.1 Å². The summed E-state index contributed by atoms with van der Waals surface area (Å²) in [6.45, 7) is 0. The lowest BCUT2D eigenvalue weighted by molar-refractivity contribution is -0.132. The Bertz CT molecular complexity index is 1360. The van der Waals surface area contributed by atoms with Crippen LogP contribution in [0, 0.1) is 0 Å². The van der Waals surface area contributed by atoms with E-state index in [9.17, 15) is 24.6 Å². The minimum absolute atomic E-state index is 0.0524. The fourth-order valence-corrected chi connectivity index (χ4v) is 4.25. The van der Waals surface area contributed by atoms with E-state index in [1.165, 1.54) is 43.4 Å². The molecule has 2 N–H and O–H groups in total. The van der Waals surface area contributed by atoms with Gasteiger partial charge in [0.25, 0.3) is 11.7 Å². The lowest BCUT2D eigenvalue weighted by Crippen LogP contribution is -2.29. The standard InChI is InChI=1S/C26H20BrNO7/c1-34-19-11-8-15(13-20(19)35-2)22-21(23(29)14-6-9-17(27)10-7-14)24(30)25(31)28(22)18-5-3-4-16(12-18)26(32)33/h3-13,22,29H,1-2H3,(H,32,33)/b23-21-. The number of Topliss-reactive ketones (excluding diaryl/α,β-unsaturated/α-hetero) is 1. The van der Waals surface area contributed by atoms with Gasteiger partial charge in [-0.2, -0.15) is 0 Å². The Hall–Kier alpha value is -4.11. The number of hydrogen-bond acceptors (Lipinski definition) is 6. The van der Waals surface area contributed by atoms with E-state index >= 15 is 0 Å². The van der Waals surface area contributed by atoms with Crippen molar-refractivity contribution in [1.29, 1.82) is 0 Å². The topological polar surface area (TPSA) is 113 Å². The number of halogens is 1. The molecule has 1 atom stereocenters. The number of carbonyl (C=O) groups is 3. The number of anilines is 1. The van der Waals surface area contributed by atoms with Crippen LogP contribution in [0.1, 0.15) is 27.5 Å². The van der Waals surface area contributed by atoms with Crippen LogP contribution in [0.3, 0.4) is 0 Å². The summed E-state index contributed by atoms with van der Waals surface area (Å²) >= 11 is 3.34. The third-order valence-electron chi connectivity index (χ3n) is 5.66. The molecule has 3 aromatic rings. The Kier molecular flexibility index (Phi) is 6.61. The molecular formula is C26H20BrNO7. The van der Waals surface area contributed by atoms with Gasteiger partial charge < -0.3 is 19.7 Å². The quantitative estimate of drug-likeness (QED) is 0.264. The number of aliphatic hydroxyl groups is 1. The minimum Gasteiger partial charge on any atom is -0.507 e. The van der Waals surface area contributed by atoms with Gasteiger partial charge in [0.05, 0.1) is 31.4 Å². The minimum atomic E-state index is -1.18. The van der Waals surface area contributed by atoms with Gasteiger partial charge in [-0.3, -0.25) is 14.5 Å². The fraction of sp³-hybridized carbons (Fsp3) is 0.115. The van der Waals surface area contributed by atoms with E-state index in [4.69, 9.17) is 9.47 Å². The number of nitrogens with zero attached hydrogens (tertiary/aromatic N) is 1. The predicted octanol–water partition coefficient (Wildman–Crippen LogP) is 4.79. The van der Waals surface area contributed by atoms with Crippen molar-refractivity contribution < 1.29 is 34.1 Å². The molecule has 1 aliphatic heterocycles. The average molecular weight is 538 g/mol. The van der Waals surface area contributed by atoms with Crippen LogP contribution in [0.2, 0.25) is 0 Å². The number of ketones is 1. The first-order valence-corrected chi connectivity index (χ1v) is 11.2. The van der Waals surface area contributed by atoms with E-state index in [-0.39, 0.29) is 22.6 Å². The van der Waals surface area contributed by atoms with Gasteiger partial charge in [0.15, 0.2) is 11.5 Å². The second kappa shape index (κ2) is 9.63. The number of ether oxygens (including phenoxy) is 2. The number of carboxylic acid groups (broad SMARTS) is 1. The summed E-state index contributed by atoms with van der Waals surface area (Å²) < 4.78 is 11.5. The monoisotopic (exact) mass is 537 g/mol. The van der Waals surface area contributed by atoms with E-state index in [1.807, 2.05) is 0 Å². The number of aliphatic hydroxyl groups excluding tert-OH is 1. The highest BCUT2D eigenvalue weighted by Gasteiger charge is 2.47. The van der Waals surface area contributed by atoms with Crippen molar-refractivity contribution in [3.05, 3.63) is 93.5 Å². The predicted molar refractivity (Wildman–Crippen MR) is 132 cm³/mol. The number of benzene rings is 3. The van der Waals surface area contributed by atoms with Crippen LogP contribution < -0.4 is 14.4 Å². The van der Waals surface area contributed by atoms with E-state index in [1.54, 1.807) is 42.5 Å². The van der Waals surface area contributed by atoms with Gasteiger partial charge in [0.1, 0.15) is 5.76 Å². The second-order valence-electron chi connectivity index (χ2n) is 7.65. The van der Waals surface area contributed by atoms with Gasteiger partial charge in [-0.15, -0.1) is 0 Å². The third kappa shape index (κ3) is 4.38. The number of carbonyl (C=O) groups excluding carboxylic acids is 2. The second-order valence-corrected chi connectivity index (χ2v) is 8.56. The largest absolute Gasteiger partial charge is 0.507 e. The molecular weight excluding hydrogens is 518 g/mol. The molecule has 0 aromatic heterocycles. The van der Waals surface area contributed by atoms with Gasteiger partial charge in [-0.05, 0) is 48.0 Å². The lowest BCUT2D eigenvalue weighted by Gasteiger charge is -2.26. The van der Waals surface area contributed by atoms with Crippen LogP contribution in [0.5, 0.6) is 11.5 Å². The number of amides is 1. The molecule has 3 aromatic carbocycles. The molecule has 8 nitrogen and oxygen atoms in total. The van der Waals surface area contributed by atoms with Crippen LogP contribution in [-0.2, 0) is 9.59 Å². The Morgan fingerprint density at radius 2 is 1.57 bits per heavy atom. The van der Waals surface area contributed by atoms with E-state index in [0.29, 0.717) is 22.6 Å². The Labute approximate surface area is 209 Å². The smallest absolute Gasteiger partial charge is 0.335 e. The zero-order valence-corrected chi connectivity index (χ0v) is 20.3. The first kappa shape index (κ1) is 24.0. The summed E-state index contributed by atoms with van der Waals surface area (Å²) in [7, 11) is 2.94. The van der Waals surface area contributed by atoms with Gasteiger partial charge in [0.2, 0.25) is 0 Å². The molecule has 0 radical (unpaired) electrons. The highest BCUT2D eigenvalue weighted by atomic mass is 79.9. The molecule has 1 unspecified atom stereocenters. The normalized spacial score (nSPS) is 16.9. The zero-order valence-electron chi connectivity index (χ0n) is 18.7. The Morgan fingerprint density at radius 1 is 0.886 bits per heavy atom. The third-order valence-corrected chi connectivity index (χ3v) is 6.19. The van der Waals surface area contributed by atoms with Gasteiger partial charge in [-0.25, -0.2) is 4.79 Å². The molecule has 9 heteroatoms. The molecule has 0 saturated carbocycles. The maximum Gasteiger partial charge on any atom is 0.335 e. The van der Waals surface area contributed by atoms with Gasteiger partial charge >= 0.3 is 5.97 Å². The summed E-state index contributed by atoms with van der Waals surface area (Å²) in [5.41, 5.74) is 0.812. The number of hydrogen-bond donors (Lipinski definition) is 2. The van der Waals surface area contributed by atoms with E-state index < -0.39 is 23.7 Å². The van der Waals surface area contributed by atoms with Crippen LogP contribution >= 0.6 is 15.9 Å². The number of rotatable bonds is 6. The summed E-state index contributed by atoms with van der Waals surface area (Å²) in [6, 6.07) is 16.2. The number of aromatic carboxylic acids is 1. The van der Waals surface area contributed by atoms with Crippen molar-refractivity contribution in [3.8, 4) is 11.5 Å². The molecule has 1 saturated heterocycles. The fourth-order valence-electron chi connectivity index (χ4n) is 3.99. The highest BCUT2D eigenvalue weighted by Crippen LogP contribution is 2.44. The molecule has 0 spiro atoms. The molecule has 4 rings (SSSR count). The summed E-state index contributed by atoms with van der Waals surface area (Å²) in [5, 5.41) is 20.6. The molecule has 0 bridgehead atoms. The summed E-state index contributed by atoms with van der Waals surface area (Å²) in [6.07, 6.45) is 0. The molecule has 35 heavy (non-hydrogen) atoms. The van der Waals surface area contributed by atoms with Gasteiger partial charge in [0, 0.05) is 15.7 Å². The summed E-state index contributed by atoms with van der Waals surface area (Å²) in [4.78, 5) is 39.3. The maximum absolute atomic E-state index is 13.3. The van der Waals surface area contributed by atoms with Crippen molar-refractivity contribution in [2.24, 2.45) is 0 Å². The molecule has 178 valence electrons. The Morgan fingerprint density at radius 3 is 2.20 bits per heavy atom. The van der Waals surface area contributed by atoms with Gasteiger partial charge in [-0.1, -0.05) is 40.2 Å². The van der Waals surface area contributed by atoms with E-state index in [0.717, 1.165) is 4.47 Å². The van der Waals surface area contributed by atoms with Crippen LogP contribution in [0.15, 0.2) is 76.8 Å². The SMILES string of the molecule is COc1ccc(C2/C(=C(/O)c3ccc(Br)cc3)C(=O)C(=O)N2c2cccc(C(=O)O)c2)cc1OC. The van der Waals surface area contributed by atoms with E-state index in [2.05, 4.69) is 15.9 Å². The van der Waals surface area contributed by atoms with Crippen molar-refractivity contribution >= 4 is 45.0 Å². The molecule has 1 aliphatic rings. The molecule has 1 amide bonds. The first-order chi connectivity index (χ1) is 16.8. The average Bonchev–Trinajstić information content (AvgIpc) is 3.13. The molecule has 0 aliphatic carbocycles. The number of methoxy groups -OCH3 is 2. The number of carboxylic acids is 1. The summed E-state index contributed by atoms with van der Waals surface area (Å²) in [5.74, 6) is -2.53. The van der Waals surface area contributed by atoms with Crippen molar-refractivity contribution in [3.63, 3.8) is 0 Å². The lowest BCUT2D eigenvalue weighted by atomic mass is 9.94. The maximum atomic E-state index is 13.3.